The van der Waals surface area contributed by atoms with Gasteiger partial charge in [0.25, 0.3) is 0 Å². The van der Waals surface area contributed by atoms with Gasteiger partial charge >= 0.3 is 0 Å². The van der Waals surface area contributed by atoms with Gasteiger partial charge in [-0.3, -0.25) is 5.84 Å². The molecule has 0 spiro atoms. The number of likely N-dealkylation sites (N-methyl/N-ethyl adjacent to an activating group) is 1. The van der Waals surface area contributed by atoms with Crippen LogP contribution < -0.4 is 27.6 Å². The van der Waals surface area contributed by atoms with E-state index in [0.29, 0.717) is 6.04 Å². The van der Waals surface area contributed by atoms with Crippen LogP contribution in [0.3, 0.4) is 0 Å². The van der Waals surface area contributed by atoms with Gasteiger partial charge in [0.05, 0.1) is 6.17 Å². The van der Waals surface area contributed by atoms with E-state index in [9.17, 15) is 0 Å². The third-order valence-corrected chi connectivity index (χ3v) is 4.78. The van der Waals surface area contributed by atoms with E-state index in [1.165, 1.54) is 36.0 Å². The second-order valence-electron chi connectivity index (χ2n) is 7.34. The molecular weight excluding hydrogens is 370 g/mol. The molecule has 0 aromatic heterocycles. The fraction of sp³-hybridized carbons (Fsp3) is 0.400. The quantitative estimate of drug-likeness (QED) is 0.126. The Morgan fingerprint density at radius 1 is 1.03 bits per heavy atom. The van der Waals surface area contributed by atoms with E-state index in [0.717, 1.165) is 18.7 Å². The molecule has 0 heterocycles. The van der Waals surface area contributed by atoms with Crippen molar-refractivity contribution in [1.82, 2.24) is 10.6 Å². The number of hydrogen-bond acceptors (Lipinski definition) is 5. The van der Waals surface area contributed by atoms with Gasteiger partial charge in [-0.15, -0.1) is 5.73 Å². The van der Waals surface area contributed by atoms with E-state index < -0.39 is 0 Å². The van der Waals surface area contributed by atoms with Crippen LogP contribution >= 0.6 is 0 Å². The summed E-state index contributed by atoms with van der Waals surface area (Å²) in [6.45, 7) is 8.96. The van der Waals surface area contributed by atoms with Crippen molar-refractivity contribution in [3.63, 3.8) is 0 Å². The Morgan fingerprint density at radius 3 is 2.13 bits per heavy atom. The number of hydrogen-bond donors (Lipinski definition) is 5. The minimum Gasteiger partial charge on any atom is -0.324 e. The third kappa shape index (κ3) is 10.4. The minimum atomic E-state index is 0.000706. The predicted octanol–water partition coefficient (Wildman–Crippen LogP) is 4.18. The van der Waals surface area contributed by atoms with Crippen molar-refractivity contribution in [3.8, 4) is 11.1 Å². The topological polar surface area (TPSA) is 88.1 Å². The zero-order valence-electron chi connectivity index (χ0n) is 18.7. The molecule has 0 radical (unpaired) electrons. The average molecular weight is 410 g/mol. The molecule has 0 saturated carbocycles. The summed E-state index contributed by atoms with van der Waals surface area (Å²) in [6.07, 6.45) is 6.65. The molecule has 0 saturated heterocycles. The first-order valence-corrected chi connectivity index (χ1v) is 10.7. The van der Waals surface area contributed by atoms with Gasteiger partial charge in [0.2, 0.25) is 0 Å². The van der Waals surface area contributed by atoms with Crippen molar-refractivity contribution in [2.75, 3.05) is 19.0 Å². The molecule has 0 fully saturated rings. The number of hydrazine groups is 1. The summed E-state index contributed by atoms with van der Waals surface area (Å²) in [4.78, 5) is 0. The van der Waals surface area contributed by atoms with Crippen LogP contribution in [-0.4, -0.2) is 25.8 Å². The van der Waals surface area contributed by atoms with Crippen LogP contribution in [0.5, 0.6) is 0 Å². The van der Waals surface area contributed by atoms with Gasteiger partial charge in [0.15, 0.2) is 0 Å². The zero-order chi connectivity index (χ0) is 22.2. The zero-order valence-corrected chi connectivity index (χ0v) is 18.7. The van der Waals surface area contributed by atoms with Crippen molar-refractivity contribution < 1.29 is 0 Å². The Morgan fingerprint density at radius 2 is 1.63 bits per heavy atom. The number of rotatable bonds is 11. The minimum absolute atomic E-state index is 0.000706. The lowest BCUT2D eigenvalue weighted by Gasteiger charge is -2.10. The molecule has 0 aliphatic heterocycles. The standard InChI is InChI=1S/C15H20N4.C10H19N/c1-18-15(16)10-11-2-4-12(5-3-11)13-6-8-14(19-17)9-7-13;1-4-6-7-9-11-10(3)8-5-2/h2-9,15,18-19H,10,16-17H2,1H3;8,10-11H,2,4,6-7,9H2,1,3H3. The van der Waals surface area contributed by atoms with Crippen molar-refractivity contribution >= 4 is 5.69 Å². The summed E-state index contributed by atoms with van der Waals surface area (Å²) in [5.74, 6) is 5.35. The van der Waals surface area contributed by atoms with Crippen LogP contribution in [0, 0.1) is 0 Å². The van der Waals surface area contributed by atoms with Gasteiger partial charge in [0, 0.05) is 18.2 Å². The molecule has 5 nitrogen and oxygen atoms in total. The number of anilines is 1. The van der Waals surface area contributed by atoms with E-state index in [4.69, 9.17) is 11.6 Å². The molecule has 2 atom stereocenters. The van der Waals surface area contributed by atoms with Crippen LogP contribution in [0.1, 0.15) is 38.7 Å². The summed E-state index contributed by atoms with van der Waals surface area (Å²) >= 11 is 0. The first-order chi connectivity index (χ1) is 14.5. The van der Waals surface area contributed by atoms with E-state index >= 15 is 0 Å². The summed E-state index contributed by atoms with van der Waals surface area (Å²) in [5, 5.41) is 6.39. The van der Waals surface area contributed by atoms with Crippen LogP contribution in [0.15, 0.2) is 66.9 Å². The number of nitrogens with two attached hydrogens (primary N) is 2. The average Bonchev–Trinajstić information content (AvgIpc) is 2.78. The summed E-state index contributed by atoms with van der Waals surface area (Å²) in [5.41, 5.74) is 15.7. The number of benzene rings is 2. The maximum absolute atomic E-state index is 5.86. The molecule has 0 amide bonds. The lowest BCUT2D eigenvalue weighted by molar-refractivity contribution is 0.582. The molecule has 30 heavy (non-hydrogen) atoms. The van der Waals surface area contributed by atoms with E-state index in [2.05, 4.69) is 66.5 Å². The molecule has 0 aliphatic rings. The van der Waals surface area contributed by atoms with Gasteiger partial charge in [-0.1, -0.05) is 62.7 Å². The Balaban J connectivity index is 0.000000352. The van der Waals surface area contributed by atoms with Crippen molar-refractivity contribution in [1.29, 1.82) is 0 Å². The molecule has 164 valence electrons. The summed E-state index contributed by atoms with van der Waals surface area (Å²) < 4.78 is 0. The highest BCUT2D eigenvalue weighted by Crippen LogP contribution is 2.21. The van der Waals surface area contributed by atoms with E-state index in [1.54, 1.807) is 0 Å². The van der Waals surface area contributed by atoms with Crippen molar-refractivity contribution in [2.24, 2.45) is 11.6 Å². The monoisotopic (exact) mass is 409 g/mol. The largest absolute Gasteiger partial charge is 0.324 e. The molecule has 0 aliphatic carbocycles. The van der Waals surface area contributed by atoms with Gasteiger partial charge in [0.1, 0.15) is 0 Å². The Bertz CT molecular complexity index is 733. The Kier molecular flexibility index (Phi) is 13.2. The molecule has 2 aromatic rings. The van der Waals surface area contributed by atoms with Crippen LogP contribution in [0.4, 0.5) is 5.69 Å². The second-order valence-corrected chi connectivity index (χ2v) is 7.34. The molecule has 2 rings (SSSR count). The fourth-order valence-corrected chi connectivity index (χ4v) is 2.89. The molecule has 2 unspecified atom stereocenters. The summed E-state index contributed by atoms with van der Waals surface area (Å²) in [7, 11) is 1.87. The van der Waals surface area contributed by atoms with Gasteiger partial charge in [-0.25, -0.2) is 0 Å². The van der Waals surface area contributed by atoms with Gasteiger partial charge in [-0.05, 0) is 61.8 Å². The highest BCUT2D eigenvalue weighted by Gasteiger charge is 2.02. The van der Waals surface area contributed by atoms with Crippen LogP contribution in [0.2, 0.25) is 0 Å². The molecular formula is C25H39N5. The van der Waals surface area contributed by atoms with Crippen LogP contribution in [0.25, 0.3) is 11.1 Å². The van der Waals surface area contributed by atoms with Gasteiger partial charge < -0.3 is 21.8 Å². The SMILES string of the molecule is C=C=CC(C)NCCCCC.CNC(N)Cc1ccc(-c2ccc(NN)cc2)cc1. The lowest BCUT2D eigenvalue weighted by atomic mass is 10.0. The maximum Gasteiger partial charge on any atom is 0.0585 e. The highest BCUT2D eigenvalue weighted by atomic mass is 15.2. The maximum atomic E-state index is 5.86. The number of nitrogens with one attached hydrogen (secondary N) is 3. The first-order valence-electron chi connectivity index (χ1n) is 10.7. The smallest absolute Gasteiger partial charge is 0.0585 e. The fourth-order valence-electron chi connectivity index (χ4n) is 2.89. The van der Waals surface area contributed by atoms with Crippen molar-refractivity contribution in [3.05, 3.63) is 72.5 Å². The van der Waals surface area contributed by atoms with E-state index in [1.807, 2.05) is 37.4 Å². The Labute approximate surface area is 182 Å². The summed E-state index contributed by atoms with van der Waals surface area (Å²) in [6, 6.07) is 16.9. The van der Waals surface area contributed by atoms with Gasteiger partial charge in [-0.2, -0.15) is 0 Å². The molecule has 5 heteroatoms. The molecule has 0 bridgehead atoms. The predicted molar refractivity (Wildman–Crippen MR) is 131 cm³/mol. The highest BCUT2D eigenvalue weighted by molar-refractivity contribution is 5.66. The van der Waals surface area contributed by atoms with Crippen molar-refractivity contribution in [2.45, 2.75) is 51.7 Å². The van der Waals surface area contributed by atoms with E-state index in [-0.39, 0.29) is 6.17 Å². The molecule has 2 aromatic carbocycles. The molecule has 7 N–H and O–H groups in total. The Hall–Kier alpha value is -2.40. The normalized spacial score (nSPS) is 12.2. The lowest BCUT2D eigenvalue weighted by Crippen LogP contribution is -2.36. The number of unbranched alkanes of at least 4 members (excludes halogenated alkanes) is 2. The third-order valence-electron chi connectivity index (χ3n) is 4.78. The number of nitrogen functional groups attached to an aromatic ring is 1. The second kappa shape index (κ2) is 15.4. The first kappa shape index (κ1) is 25.6. The van der Waals surface area contributed by atoms with Crippen LogP contribution in [-0.2, 0) is 6.42 Å².